The van der Waals surface area contributed by atoms with Crippen LogP contribution >= 0.6 is 0 Å². The number of rotatable bonds is 3. The fourth-order valence-corrected chi connectivity index (χ4v) is 0.849. The van der Waals surface area contributed by atoms with Gasteiger partial charge in [0.25, 0.3) is 5.91 Å². The predicted octanol–water partition coefficient (Wildman–Crippen LogP) is 0.321. The Morgan fingerprint density at radius 1 is 1.38 bits per heavy atom. The quantitative estimate of drug-likeness (QED) is 0.657. The van der Waals surface area contributed by atoms with Crippen LogP contribution in [-0.2, 0) is 4.79 Å². The minimum atomic E-state index is -0.327. The third kappa shape index (κ3) is 2.59. The van der Waals surface area contributed by atoms with Gasteiger partial charge in [0.05, 0.1) is 6.54 Å². The van der Waals surface area contributed by atoms with Crippen LogP contribution in [-0.4, -0.2) is 23.8 Å². The fraction of sp³-hybridized carbons (Fsp3) is 0.111. The highest BCUT2D eigenvalue weighted by Crippen LogP contribution is 2.08. The molecular weight excluding hydrogens is 170 g/mol. The molecule has 0 aliphatic heterocycles. The maximum absolute atomic E-state index is 11.2. The molecule has 1 aromatic carbocycles. The molecule has 0 atom stereocenters. The zero-order chi connectivity index (χ0) is 9.68. The zero-order valence-corrected chi connectivity index (χ0v) is 6.86. The Hall–Kier alpha value is -1.84. The number of aldehydes is 1. The summed E-state index contributed by atoms with van der Waals surface area (Å²) in [6.45, 7) is -0.000288. The summed E-state index contributed by atoms with van der Waals surface area (Å²) in [7, 11) is 0. The van der Waals surface area contributed by atoms with Gasteiger partial charge in [-0.1, -0.05) is 0 Å². The Balaban J connectivity index is 2.66. The Labute approximate surface area is 75.2 Å². The van der Waals surface area contributed by atoms with Crippen molar-refractivity contribution in [2.24, 2.45) is 0 Å². The number of phenolic OH excluding ortho intramolecular Hbond substituents is 1. The van der Waals surface area contributed by atoms with Crippen molar-refractivity contribution in [1.82, 2.24) is 5.32 Å². The molecule has 0 bridgehead atoms. The molecule has 0 radical (unpaired) electrons. The van der Waals surface area contributed by atoms with E-state index in [0.29, 0.717) is 11.8 Å². The van der Waals surface area contributed by atoms with E-state index in [2.05, 4.69) is 5.32 Å². The number of nitrogens with one attached hydrogen (secondary N) is 1. The lowest BCUT2D eigenvalue weighted by atomic mass is 10.2. The average molecular weight is 179 g/mol. The van der Waals surface area contributed by atoms with Crippen molar-refractivity contribution < 1.29 is 14.7 Å². The van der Waals surface area contributed by atoms with E-state index >= 15 is 0 Å². The van der Waals surface area contributed by atoms with Crippen LogP contribution in [0.1, 0.15) is 10.4 Å². The van der Waals surface area contributed by atoms with Gasteiger partial charge in [-0.25, -0.2) is 0 Å². The average Bonchev–Trinajstić information content (AvgIpc) is 2.15. The molecule has 1 aromatic rings. The first-order chi connectivity index (χ1) is 6.24. The summed E-state index contributed by atoms with van der Waals surface area (Å²) in [5.41, 5.74) is 0.416. The monoisotopic (exact) mass is 179 g/mol. The second-order valence-electron chi connectivity index (χ2n) is 2.42. The Kier molecular flexibility index (Phi) is 3.03. The molecule has 0 saturated heterocycles. The topological polar surface area (TPSA) is 66.4 Å². The summed E-state index contributed by atoms with van der Waals surface area (Å²) in [4.78, 5) is 21.1. The van der Waals surface area contributed by atoms with Gasteiger partial charge < -0.3 is 15.2 Å². The van der Waals surface area contributed by atoms with Gasteiger partial charge in [-0.3, -0.25) is 4.79 Å². The fourth-order valence-electron chi connectivity index (χ4n) is 0.849. The van der Waals surface area contributed by atoms with Crippen LogP contribution in [0.4, 0.5) is 0 Å². The van der Waals surface area contributed by atoms with Crippen molar-refractivity contribution in [1.29, 1.82) is 0 Å². The van der Waals surface area contributed by atoms with Gasteiger partial charge in [-0.05, 0) is 24.3 Å². The molecule has 0 unspecified atom stereocenters. The number of benzene rings is 1. The van der Waals surface area contributed by atoms with Crippen LogP contribution < -0.4 is 5.32 Å². The number of amides is 1. The van der Waals surface area contributed by atoms with Gasteiger partial charge in [-0.15, -0.1) is 0 Å². The zero-order valence-electron chi connectivity index (χ0n) is 6.86. The van der Waals surface area contributed by atoms with E-state index in [1.54, 1.807) is 0 Å². The van der Waals surface area contributed by atoms with Crippen LogP contribution in [0.2, 0.25) is 0 Å². The van der Waals surface area contributed by atoms with Crippen LogP contribution in [0.25, 0.3) is 0 Å². The number of phenols is 1. The number of carbonyl (C=O) groups excluding carboxylic acids is 2. The molecule has 4 nitrogen and oxygen atoms in total. The van der Waals surface area contributed by atoms with Crippen molar-refractivity contribution in [2.75, 3.05) is 6.54 Å². The second kappa shape index (κ2) is 4.25. The first-order valence-corrected chi connectivity index (χ1v) is 3.75. The minimum absolute atomic E-state index is 0.000288. The van der Waals surface area contributed by atoms with Crippen molar-refractivity contribution >= 4 is 12.2 Å². The number of hydrogen-bond donors (Lipinski definition) is 2. The molecule has 0 heterocycles. The maximum Gasteiger partial charge on any atom is 0.251 e. The molecule has 0 spiro atoms. The Morgan fingerprint density at radius 3 is 2.54 bits per heavy atom. The summed E-state index contributed by atoms with van der Waals surface area (Å²) >= 11 is 0. The molecule has 0 aliphatic carbocycles. The SMILES string of the molecule is O=CCNC(=O)c1ccc(O)cc1. The smallest absolute Gasteiger partial charge is 0.251 e. The first kappa shape index (κ1) is 9.25. The number of aromatic hydroxyl groups is 1. The van der Waals surface area contributed by atoms with Crippen LogP contribution in [0.3, 0.4) is 0 Å². The highest BCUT2D eigenvalue weighted by Gasteiger charge is 2.02. The normalized spacial score (nSPS) is 9.23. The third-order valence-electron chi connectivity index (χ3n) is 1.48. The molecule has 0 saturated carbocycles. The van der Waals surface area contributed by atoms with E-state index < -0.39 is 0 Å². The first-order valence-electron chi connectivity index (χ1n) is 3.75. The summed E-state index contributed by atoms with van der Waals surface area (Å²) in [5.74, 6) is -0.223. The van der Waals surface area contributed by atoms with Crippen LogP contribution in [0.15, 0.2) is 24.3 Å². The molecule has 1 amide bonds. The minimum Gasteiger partial charge on any atom is -0.508 e. The molecule has 68 valence electrons. The van der Waals surface area contributed by atoms with Crippen LogP contribution in [0.5, 0.6) is 5.75 Å². The molecule has 0 aliphatic rings. The van der Waals surface area contributed by atoms with E-state index in [9.17, 15) is 9.59 Å². The highest BCUT2D eigenvalue weighted by atomic mass is 16.3. The summed E-state index contributed by atoms with van der Waals surface area (Å²) in [6.07, 6.45) is 0.609. The molecule has 13 heavy (non-hydrogen) atoms. The molecule has 4 heteroatoms. The van der Waals surface area contributed by atoms with E-state index in [1.165, 1.54) is 24.3 Å². The van der Waals surface area contributed by atoms with E-state index in [1.807, 2.05) is 0 Å². The van der Waals surface area contributed by atoms with Gasteiger partial charge in [0, 0.05) is 5.56 Å². The standard InChI is InChI=1S/C9H9NO3/c11-6-5-10-9(13)7-1-3-8(12)4-2-7/h1-4,6,12H,5H2,(H,10,13). The molecule has 0 aromatic heterocycles. The highest BCUT2D eigenvalue weighted by molar-refractivity contribution is 5.95. The van der Waals surface area contributed by atoms with Gasteiger partial charge in [-0.2, -0.15) is 0 Å². The summed E-state index contributed by atoms with van der Waals surface area (Å²) < 4.78 is 0. The molecule has 2 N–H and O–H groups in total. The largest absolute Gasteiger partial charge is 0.508 e. The van der Waals surface area contributed by atoms with Crippen molar-refractivity contribution in [2.45, 2.75) is 0 Å². The summed E-state index contributed by atoms with van der Waals surface area (Å²) in [6, 6.07) is 5.79. The second-order valence-corrected chi connectivity index (χ2v) is 2.42. The third-order valence-corrected chi connectivity index (χ3v) is 1.48. The molecule has 0 fully saturated rings. The maximum atomic E-state index is 11.2. The Morgan fingerprint density at radius 2 is 2.00 bits per heavy atom. The van der Waals surface area contributed by atoms with Crippen molar-refractivity contribution in [3.8, 4) is 5.75 Å². The predicted molar refractivity (Wildman–Crippen MR) is 46.5 cm³/mol. The summed E-state index contributed by atoms with van der Waals surface area (Å²) in [5, 5.41) is 11.3. The lowest BCUT2D eigenvalue weighted by Gasteiger charge is -2.00. The van der Waals surface area contributed by atoms with E-state index in [4.69, 9.17) is 5.11 Å². The lowest BCUT2D eigenvalue weighted by molar-refractivity contribution is -0.107. The van der Waals surface area contributed by atoms with E-state index in [-0.39, 0.29) is 18.2 Å². The Bertz CT molecular complexity index is 305. The van der Waals surface area contributed by atoms with Crippen LogP contribution in [0, 0.1) is 0 Å². The lowest BCUT2D eigenvalue weighted by Crippen LogP contribution is -2.24. The van der Waals surface area contributed by atoms with E-state index in [0.717, 1.165) is 0 Å². The number of carbonyl (C=O) groups is 2. The van der Waals surface area contributed by atoms with Gasteiger partial charge in [0.1, 0.15) is 12.0 Å². The van der Waals surface area contributed by atoms with Crippen molar-refractivity contribution in [3.63, 3.8) is 0 Å². The molecule has 1 rings (SSSR count). The number of hydrogen-bond acceptors (Lipinski definition) is 3. The van der Waals surface area contributed by atoms with Gasteiger partial charge in [0.2, 0.25) is 0 Å². The molecular formula is C9H9NO3. The van der Waals surface area contributed by atoms with Gasteiger partial charge >= 0.3 is 0 Å². The van der Waals surface area contributed by atoms with Gasteiger partial charge in [0.15, 0.2) is 0 Å². The van der Waals surface area contributed by atoms with Crippen molar-refractivity contribution in [3.05, 3.63) is 29.8 Å².